The molecule has 0 fully saturated rings. The molecule has 0 heterocycles. The van der Waals surface area contributed by atoms with Gasteiger partial charge in [0, 0.05) is 0 Å². The van der Waals surface area contributed by atoms with E-state index in [1.54, 1.807) is 0 Å². The third-order valence-electron chi connectivity index (χ3n) is 2.00. The number of unbranched alkanes of at least 4 members (excludes halogenated alkanes) is 1. The van der Waals surface area contributed by atoms with Crippen LogP contribution in [0.2, 0.25) is 0 Å². The van der Waals surface area contributed by atoms with Crippen LogP contribution in [0.25, 0.3) is 0 Å². The van der Waals surface area contributed by atoms with Crippen molar-refractivity contribution in [1.29, 1.82) is 0 Å². The quantitative estimate of drug-likeness (QED) is 0.650. The fraction of sp³-hybridized carbons (Fsp3) is 0.909. The molecular weight excluding hydrogens is 162 g/mol. The third-order valence-corrected chi connectivity index (χ3v) is 2.00. The highest BCUT2D eigenvalue weighted by molar-refractivity contribution is 5.44. The number of aldehydes is 1. The topological polar surface area (TPSA) is 43.1 Å². The molecule has 0 aromatic rings. The smallest absolute Gasteiger partial charge is 0.116 e. The van der Waals surface area contributed by atoms with Crippen LogP contribution in [-0.4, -0.2) is 12.8 Å². The van der Waals surface area contributed by atoms with Gasteiger partial charge in [0.05, 0.1) is 0 Å². The van der Waals surface area contributed by atoms with Gasteiger partial charge < -0.3 is 10.5 Å². The molecule has 2 N–H and O–H groups in total. The van der Waals surface area contributed by atoms with Gasteiger partial charge in [-0.05, 0) is 32.2 Å². The zero-order chi connectivity index (χ0) is 10.5. The Hall–Kier alpha value is -0.370. The summed E-state index contributed by atoms with van der Waals surface area (Å²) in [5.74, 6) is 0.796. The van der Waals surface area contributed by atoms with Crippen LogP contribution < -0.4 is 5.73 Å². The second-order valence-corrected chi connectivity index (χ2v) is 3.27. The SMILES string of the molecule is CC=O.CCCCC(CN)CCC. The van der Waals surface area contributed by atoms with Gasteiger partial charge in [-0.3, -0.25) is 0 Å². The van der Waals surface area contributed by atoms with Gasteiger partial charge in [-0.15, -0.1) is 0 Å². The summed E-state index contributed by atoms with van der Waals surface area (Å²) in [6, 6.07) is 0. The lowest BCUT2D eigenvalue weighted by atomic mass is 9.98. The number of carbonyl (C=O) groups is 1. The van der Waals surface area contributed by atoms with Gasteiger partial charge in [0.2, 0.25) is 0 Å². The molecule has 1 unspecified atom stereocenters. The van der Waals surface area contributed by atoms with E-state index in [1.807, 2.05) is 0 Å². The zero-order valence-electron chi connectivity index (χ0n) is 9.38. The Balaban J connectivity index is 0. The van der Waals surface area contributed by atoms with Crippen LogP contribution in [0.4, 0.5) is 0 Å². The van der Waals surface area contributed by atoms with Gasteiger partial charge in [0.15, 0.2) is 0 Å². The van der Waals surface area contributed by atoms with E-state index >= 15 is 0 Å². The van der Waals surface area contributed by atoms with Gasteiger partial charge >= 0.3 is 0 Å². The minimum atomic E-state index is 0.750. The predicted octanol–water partition coefficient (Wildman–Crippen LogP) is 2.76. The van der Waals surface area contributed by atoms with Crippen molar-refractivity contribution in [3.63, 3.8) is 0 Å². The molecule has 80 valence electrons. The Morgan fingerprint density at radius 1 is 1.23 bits per heavy atom. The van der Waals surface area contributed by atoms with E-state index in [0.29, 0.717) is 0 Å². The largest absolute Gasteiger partial charge is 0.330 e. The van der Waals surface area contributed by atoms with Crippen molar-refractivity contribution in [2.45, 2.75) is 52.9 Å². The summed E-state index contributed by atoms with van der Waals surface area (Å²) < 4.78 is 0. The number of hydrogen-bond acceptors (Lipinski definition) is 2. The molecule has 2 heteroatoms. The molecule has 0 rings (SSSR count). The number of hydrogen-bond donors (Lipinski definition) is 1. The van der Waals surface area contributed by atoms with E-state index in [2.05, 4.69) is 13.8 Å². The lowest BCUT2D eigenvalue weighted by molar-refractivity contribution is -0.106. The molecule has 0 spiro atoms. The van der Waals surface area contributed by atoms with Crippen LogP contribution in [0.5, 0.6) is 0 Å². The van der Waals surface area contributed by atoms with E-state index in [1.165, 1.54) is 39.0 Å². The average molecular weight is 187 g/mol. The molecule has 0 amide bonds. The highest BCUT2D eigenvalue weighted by Gasteiger charge is 2.02. The van der Waals surface area contributed by atoms with Crippen LogP contribution in [0.3, 0.4) is 0 Å². The maximum atomic E-state index is 8.81. The molecule has 0 aromatic heterocycles. The lowest BCUT2D eigenvalue weighted by Gasteiger charge is -2.11. The van der Waals surface area contributed by atoms with Crippen LogP contribution >= 0.6 is 0 Å². The van der Waals surface area contributed by atoms with Crippen LogP contribution in [0.1, 0.15) is 52.9 Å². The van der Waals surface area contributed by atoms with Crippen LogP contribution in [0.15, 0.2) is 0 Å². The van der Waals surface area contributed by atoms with E-state index in [-0.39, 0.29) is 0 Å². The maximum Gasteiger partial charge on any atom is 0.116 e. The fourth-order valence-corrected chi connectivity index (χ4v) is 1.28. The van der Waals surface area contributed by atoms with Gasteiger partial charge in [-0.25, -0.2) is 0 Å². The Labute approximate surface area is 82.9 Å². The van der Waals surface area contributed by atoms with Crippen LogP contribution in [-0.2, 0) is 4.79 Å². The lowest BCUT2D eigenvalue weighted by Crippen LogP contribution is -2.13. The fourth-order valence-electron chi connectivity index (χ4n) is 1.28. The maximum absolute atomic E-state index is 8.81. The molecule has 0 saturated carbocycles. The summed E-state index contributed by atoms with van der Waals surface area (Å²) in [6.07, 6.45) is 7.34. The molecule has 0 bridgehead atoms. The molecular formula is C11H25NO. The first kappa shape index (κ1) is 15.1. The Morgan fingerprint density at radius 2 is 1.77 bits per heavy atom. The minimum Gasteiger partial charge on any atom is -0.330 e. The standard InChI is InChI=1S/C9H21N.C2H4O/c1-3-5-7-9(8-10)6-4-2;1-2-3/h9H,3-8,10H2,1-2H3;2H,1H3. The second kappa shape index (κ2) is 14.2. The Morgan fingerprint density at radius 3 is 2.08 bits per heavy atom. The summed E-state index contributed by atoms with van der Waals surface area (Å²) >= 11 is 0. The number of rotatable bonds is 6. The molecule has 13 heavy (non-hydrogen) atoms. The molecule has 0 aliphatic carbocycles. The minimum absolute atomic E-state index is 0.750. The Kier molecular flexibility index (Phi) is 16.5. The highest BCUT2D eigenvalue weighted by Crippen LogP contribution is 2.12. The van der Waals surface area contributed by atoms with Gasteiger partial charge in [-0.2, -0.15) is 0 Å². The summed E-state index contributed by atoms with van der Waals surface area (Å²) in [5.41, 5.74) is 5.60. The van der Waals surface area contributed by atoms with Crippen molar-refractivity contribution in [1.82, 2.24) is 0 Å². The zero-order valence-corrected chi connectivity index (χ0v) is 9.38. The van der Waals surface area contributed by atoms with E-state index in [9.17, 15) is 0 Å². The van der Waals surface area contributed by atoms with Gasteiger partial charge in [-0.1, -0.05) is 33.1 Å². The van der Waals surface area contributed by atoms with Crippen molar-refractivity contribution in [2.75, 3.05) is 6.54 Å². The first-order valence-corrected chi connectivity index (χ1v) is 5.36. The van der Waals surface area contributed by atoms with Crippen molar-refractivity contribution in [3.05, 3.63) is 0 Å². The van der Waals surface area contributed by atoms with E-state index in [0.717, 1.165) is 18.7 Å². The summed E-state index contributed by atoms with van der Waals surface area (Å²) in [6.45, 7) is 6.79. The van der Waals surface area contributed by atoms with Gasteiger partial charge in [0.1, 0.15) is 6.29 Å². The normalized spacial score (nSPS) is 11.4. The molecule has 2 nitrogen and oxygen atoms in total. The van der Waals surface area contributed by atoms with Crippen molar-refractivity contribution in [2.24, 2.45) is 11.7 Å². The summed E-state index contributed by atoms with van der Waals surface area (Å²) in [7, 11) is 0. The molecule has 0 saturated heterocycles. The first-order chi connectivity index (χ1) is 6.26. The first-order valence-electron chi connectivity index (χ1n) is 5.36. The van der Waals surface area contributed by atoms with Crippen molar-refractivity contribution >= 4 is 6.29 Å². The predicted molar refractivity (Wildman–Crippen MR) is 58.7 cm³/mol. The van der Waals surface area contributed by atoms with Gasteiger partial charge in [0.25, 0.3) is 0 Å². The number of carbonyl (C=O) groups excluding carboxylic acids is 1. The van der Waals surface area contributed by atoms with E-state index in [4.69, 9.17) is 10.5 Å². The summed E-state index contributed by atoms with van der Waals surface area (Å²) in [4.78, 5) is 8.81. The van der Waals surface area contributed by atoms with E-state index < -0.39 is 0 Å². The second-order valence-electron chi connectivity index (χ2n) is 3.27. The number of nitrogens with two attached hydrogens (primary N) is 1. The highest BCUT2D eigenvalue weighted by atomic mass is 16.1. The molecule has 1 atom stereocenters. The molecule has 0 aromatic carbocycles. The Bertz CT molecular complexity index is 94.1. The van der Waals surface area contributed by atoms with Crippen molar-refractivity contribution < 1.29 is 4.79 Å². The molecule has 0 aliphatic rings. The monoisotopic (exact) mass is 187 g/mol. The van der Waals surface area contributed by atoms with Crippen LogP contribution in [0, 0.1) is 5.92 Å². The summed E-state index contributed by atoms with van der Waals surface area (Å²) in [5, 5.41) is 0. The third kappa shape index (κ3) is 14.5. The van der Waals surface area contributed by atoms with Crippen molar-refractivity contribution in [3.8, 4) is 0 Å². The molecule has 0 radical (unpaired) electrons. The average Bonchev–Trinajstić information content (AvgIpc) is 2.13. The molecule has 0 aliphatic heterocycles.